The van der Waals surface area contributed by atoms with Crippen LogP contribution in [0, 0.1) is 10.1 Å². The molecule has 0 aromatic heterocycles. The Labute approximate surface area is 152 Å². The molecule has 0 radical (unpaired) electrons. The van der Waals surface area contributed by atoms with Gasteiger partial charge in [-0.1, -0.05) is 12.1 Å². The molecule has 0 spiro atoms. The smallest absolute Gasteiger partial charge is 0.406 e. The Balaban J connectivity index is 2.23. The Morgan fingerprint density at radius 1 is 1.22 bits per heavy atom. The molecule has 0 saturated heterocycles. The van der Waals surface area contributed by atoms with Crippen LogP contribution >= 0.6 is 0 Å². The predicted molar refractivity (Wildman–Crippen MR) is 91.7 cm³/mol. The molecule has 1 amide bonds. The van der Waals surface area contributed by atoms with Crippen LogP contribution in [0.15, 0.2) is 42.5 Å². The van der Waals surface area contributed by atoms with Crippen LogP contribution in [0.25, 0.3) is 0 Å². The fourth-order valence-corrected chi connectivity index (χ4v) is 2.44. The van der Waals surface area contributed by atoms with E-state index in [2.05, 4.69) is 10.1 Å². The number of nitrogens with zero attached hydrogens (tertiary/aromatic N) is 2. The van der Waals surface area contributed by atoms with E-state index < -0.39 is 17.2 Å². The van der Waals surface area contributed by atoms with Crippen LogP contribution < -0.4 is 15.0 Å². The number of carbonyl (C=O) groups excluding carboxylic acids is 1. The van der Waals surface area contributed by atoms with Crippen LogP contribution in [0.4, 0.5) is 24.5 Å². The Hall–Kier alpha value is -3.30. The van der Waals surface area contributed by atoms with E-state index in [0.717, 1.165) is 0 Å². The number of amides is 1. The van der Waals surface area contributed by atoms with Crippen molar-refractivity contribution in [2.75, 3.05) is 19.0 Å². The number of nitro benzene ring substituents is 1. The number of alkyl halides is 3. The molecule has 1 N–H and O–H groups in total. The zero-order chi connectivity index (χ0) is 20.2. The topological polar surface area (TPSA) is 84.7 Å². The summed E-state index contributed by atoms with van der Waals surface area (Å²) in [5, 5.41) is 13.4. The van der Waals surface area contributed by atoms with E-state index in [1.807, 2.05) is 0 Å². The summed E-state index contributed by atoms with van der Waals surface area (Å²) in [6.45, 7) is 0.258. The summed E-state index contributed by atoms with van der Waals surface area (Å²) in [5.41, 5.74) is 0.995. The van der Waals surface area contributed by atoms with Gasteiger partial charge in [0.1, 0.15) is 5.75 Å². The van der Waals surface area contributed by atoms with Gasteiger partial charge in [-0.2, -0.15) is 0 Å². The van der Waals surface area contributed by atoms with Crippen molar-refractivity contribution in [3.05, 3.63) is 63.7 Å². The quantitative estimate of drug-likeness (QED) is 0.610. The Kier molecular flexibility index (Phi) is 5.88. The standard InChI is InChI=1S/C17H16F3N3O4/c1-21-16(24)14-9-12(23(25)26)5-8-15(14)22(2)10-11-3-6-13(7-4-11)27-17(18,19)20/h3-9H,10H2,1-2H3,(H,21,24). The number of non-ortho nitro benzene ring substituents is 1. The highest BCUT2D eigenvalue weighted by atomic mass is 19.4. The van der Waals surface area contributed by atoms with Crippen molar-refractivity contribution in [2.24, 2.45) is 0 Å². The minimum absolute atomic E-state index is 0.117. The van der Waals surface area contributed by atoms with Gasteiger partial charge in [0.15, 0.2) is 0 Å². The highest BCUT2D eigenvalue weighted by molar-refractivity contribution is 6.00. The number of hydrogen-bond donors (Lipinski definition) is 1. The summed E-state index contributed by atoms with van der Waals surface area (Å²) in [5.74, 6) is -0.829. The van der Waals surface area contributed by atoms with Crippen molar-refractivity contribution < 1.29 is 27.6 Å². The van der Waals surface area contributed by atoms with Crippen molar-refractivity contribution in [1.29, 1.82) is 0 Å². The second-order valence-electron chi connectivity index (χ2n) is 5.59. The van der Waals surface area contributed by atoms with Crippen molar-refractivity contribution in [1.82, 2.24) is 5.32 Å². The number of anilines is 1. The number of rotatable bonds is 6. The largest absolute Gasteiger partial charge is 0.573 e. The first kappa shape index (κ1) is 20.0. The molecule has 2 rings (SSSR count). The average Bonchev–Trinajstić information content (AvgIpc) is 2.60. The molecule has 27 heavy (non-hydrogen) atoms. The number of benzene rings is 2. The lowest BCUT2D eigenvalue weighted by atomic mass is 10.1. The normalized spacial score (nSPS) is 11.0. The molecule has 7 nitrogen and oxygen atoms in total. The van der Waals surface area contributed by atoms with Gasteiger partial charge in [-0.05, 0) is 23.8 Å². The monoisotopic (exact) mass is 383 g/mol. The van der Waals surface area contributed by atoms with Crippen LogP contribution in [-0.2, 0) is 6.54 Å². The van der Waals surface area contributed by atoms with E-state index in [1.54, 1.807) is 11.9 Å². The Morgan fingerprint density at radius 3 is 2.37 bits per heavy atom. The summed E-state index contributed by atoms with van der Waals surface area (Å²) in [6.07, 6.45) is -4.76. The molecule has 0 bridgehead atoms. The SMILES string of the molecule is CNC(=O)c1cc([N+](=O)[O-])ccc1N(C)Cc1ccc(OC(F)(F)F)cc1. The predicted octanol–water partition coefficient (Wildman–Crippen LogP) is 3.49. The minimum atomic E-state index is -4.76. The van der Waals surface area contributed by atoms with Crippen LogP contribution in [0.1, 0.15) is 15.9 Å². The first-order valence-electron chi connectivity index (χ1n) is 7.67. The maximum absolute atomic E-state index is 12.2. The third-order valence-corrected chi connectivity index (χ3v) is 3.65. The molecule has 0 heterocycles. The van der Waals surface area contributed by atoms with Gasteiger partial charge < -0.3 is 15.0 Å². The summed E-state index contributed by atoms with van der Waals surface area (Å²) < 4.78 is 40.4. The summed E-state index contributed by atoms with van der Waals surface area (Å²) in [4.78, 5) is 24.1. The van der Waals surface area contributed by atoms with Gasteiger partial charge in [-0.3, -0.25) is 14.9 Å². The van der Waals surface area contributed by atoms with Crippen molar-refractivity contribution >= 4 is 17.3 Å². The number of hydrogen-bond acceptors (Lipinski definition) is 5. The molecule has 0 unspecified atom stereocenters. The molecule has 0 aliphatic heterocycles. The second kappa shape index (κ2) is 7.94. The zero-order valence-corrected chi connectivity index (χ0v) is 14.4. The lowest BCUT2D eigenvalue weighted by Crippen LogP contribution is -2.24. The molecule has 0 saturated carbocycles. The van der Waals surface area contributed by atoms with E-state index in [0.29, 0.717) is 11.3 Å². The van der Waals surface area contributed by atoms with Gasteiger partial charge in [-0.15, -0.1) is 13.2 Å². The summed E-state index contributed by atoms with van der Waals surface area (Å²) in [7, 11) is 3.07. The number of nitro groups is 1. The van der Waals surface area contributed by atoms with E-state index in [1.165, 1.54) is 49.5 Å². The minimum Gasteiger partial charge on any atom is -0.406 e. The van der Waals surface area contributed by atoms with Crippen LogP contribution in [-0.4, -0.2) is 31.3 Å². The van der Waals surface area contributed by atoms with Crippen LogP contribution in [0.2, 0.25) is 0 Å². The molecule has 144 valence electrons. The second-order valence-corrected chi connectivity index (χ2v) is 5.59. The van der Waals surface area contributed by atoms with Gasteiger partial charge in [0.05, 0.1) is 16.2 Å². The first-order valence-corrected chi connectivity index (χ1v) is 7.67. The van der Waals surface area contributed by atoms with Crippen molar-refractivity contribution in [2.45, 2.75) is 12.9 Å². The zero-order valence-electron chi connectivity index (χ0n) is 14.4. The van der Waals surface area contributed by atoms with Crippen molar-refractivity contribution in [3.63, 3.8) is 0 Å². The molecule has 2 aromatic rings. The first-order chi connectivity index (χ1) is 12.6. The lowest BCUT2D eigenvalue weighted by Gasteiger charge is -2.22. The molecule has 2 aromatic carbocycles. The molecule has 0 aliphatic carbocycles. The molecule has 0 aliphatic rings. The number of nitrogens with one attached hydrogen (secondary N) is 1. The third-order valence-electron chi connectivity index (χ3n) is 3.65. The fraction of sp³-hybridized carbons (Fsp3) is 0.235. The molecular weight excluding hydrogens is 367 g/mol. The summed E-state index contributed by atoms with van der Waals surface area (Å²) >= 11 is 0. The van der Waals surface area contributed by atoms with Crippen LogP contribution in [0.5, 0.6) is 5.75 Å². The number of carbonyl (C=O) groups is 1. The Bertz CT molecular complexity index is 838. The van der Waals surface area contributed by atoms with Gasteiger partial charge >= 0.3 is 6.36 Å². The third kappa shape index (κ3) is 5.33. The van der Waals surface area contributed by atoms with Gasteiger partial charge in [-0.25, -0.2) is 0 Å². The number of halogens is 3. The Morgan fingerprint density at radius 2 is 1.85 bits per heavy atom. The molecular formula is C17H16F3N3O4. The van der Waals surface area contributed by atoms with E-state index in [-0.39, 0.29) is 23.5 Å². The highest BCUT2D eigenvalue weighted by Gasteiger charge is 2.31. The molecule has 0 atom stereocenters. The van der Waals surface area contributed by atoms with E-state index in [4.69, 9.17) is 0 Å². The van der Waals surface area contributed by atoms with Crippen LogP contribution in [0.3, 0.4) is 0 Å². The van der Waals surface area contributed by atoms with E-state index >= 15 is 0 Å². The molecule has 10 heteroatoms. The number of ether oxygens (including phenoxy) is 1. The molecule has 0 fully saturated rings. The van der Waals surface area contributed by atoms with Gasteiger partial charge in [0, 0.05) is 32.8 Å². The maximum Gasteiger partial charge on any atom is 0.573 e. The average molecular weight is 383 g/mol. The van der Waals surface area contributed by atoms with Gasteiger partial charge in [0.25, 0.3) is 11.6 Å². The van der Waals surface area contributed by atoms with E-state index in [9.17, 15) is 28.1 Å². The van der Waals surface area contributed by atoms with Crippen molar-refractivity contribution in [3.8, 4) is 5.75 Å². The highest BCUT2D eigenvalue weighted by Crippen LogP contribution is 2.27. The maximum atomic E-state index is 12.2. The lowest BCUT2D eigenvalue weighted by molar-refractivity contribution is -0.384. The fourth-order valence-electron chi connectivity index (χ4n) is 2.44. The summed E-state index contributed by atoms with van der Waals surface area (Å²) in [6, 6.07) is 9.19. The van der Waals surface area contributed by atoms with Gasteiger partial charge in [0.2, 0.25) is 0 Å².